The van der Waals surface area contributed by atoms with Crippen LogP contribution in [-0.2, 0) is 4.79 Å². The fraction of sp³-hybridized carbons (Fsp3) is 0.300. The van der Waals surface area contributed by atoms with Crippen molar-refractivity contribution in [1.29, 1.82) is 0 Å². The first-order chi connectivity index (χ1) is 7.02. The van der Waals surface area contributed by atoms with E-state index in [-0.39, 0.29) is 17.7 Å². The Balaban J connectivity index is 2.73. The summed E-state index contributed by atoms with van der Waals surface area (Å²) in [7, 11) is 0. The second-order valence-electron chi connectivity index (χ2n) is 3.26. The van der Waals surface area contributed by atoms with Crippen molar-refractivity contribution in [2.24, 2.45) is 5.73 Å². The van der Waals surface area contributed by atoms with Crippen LogP contribution < -0.4 is 5.73 Å². The third-order valence-electron chi connectivity index (χ3n) is 2.09. The van der Waals surface area contributed by atoms with Crippen LogP contribution in [0.4, 0.5) is 0 Å². The molecule has 0 aliphatic carbocycles. The lowest BCUT2D eigenvalue weighted by molar-refractivity contribution is -0.139. The summed E-state index contributed by atoms with van der Waals surface area (Å²) in [6, 6.07) is 5.06. The molecular weight excluding hydrogens is 198 g/mol. The smallest absolute Gasteiger partial charge is 0.320 e. The molecule has 1 aromatic rings. The zero-order valence-corrected chi connectivity index (χ0v) is 8.00. The average molecular weight is 211 g/mol. The van der Waals surface area contributed by atoms with Gasteiger partial charge >= 0.3 is 5.97 Å². The molecule has 0 amide bonds. The molecule has 0 aliphatic rings. The number of aliphatic hydroxyl groups is 1. The average Bonchev–Trinajstić information content (AvgIpc) is 2.18. The molecule has 0 bridgehead atoms. The highest BCUT2D eigenvalue weighted by molar-refractivity contribution is 5.73. The van der Waals surface area contributed by atoms with Gasteiger partial charge in [0, 0.05) is 12.0 Å². The van der Waals surface area contributed by atoms with E-state index in [0.29, 0.717) is 0 Å². The van der Waals surface area contributed by atoms with E-state index in [1.807, 2.05) is 0 Å². The van der Waals surface area contributed by atoms with E-state index in [1.54, 1.807) is 12.1 Å². The van der Waals surface area contributed by atoms with Crippen molar-refractivity contribution in [3.63, 3.8) is 0 Å². The van der Waals surface area contributed by atoms with Crippen molar-refractivity contribution in [3.05, 3.63) is 29.8 Å². The second-order valence-corrected chi connectivity index (χ2v) is 3.26. The molecule has 0 fully saturated rings. The lowest BCUT2D eigenvalue weighted by Crippen LogP contribution is -2.31. The normalized spacial score (nSPS) is 14.5. The maximum absolute atomic E-state index is 10.5. The maximum atomic E-state index is 10.5. The second kappa shape index (κ2) is 4.77. The number of phenols is 1. The van der Waals surface area contributed by atoms with Crippen molar-refractivity contribution in [3.8, 4) is 5.75 Å². The fourth-order valence-corrected chi connectivity index (χ4v) is 1.24. The molecular formula is C10H13NO4. The molecule has 5 nitrogen and oxygen atoms in total. The fourth-order valence-electron chi connectivity index (χ4n) is 1.24. The zero-order valence-electron chi connectivity index (χ0n) is 8.00. The van der Waals surface area contributed by atoms with E-state index >= 15 is 0 Å². The largest absolute Gasteiger partial charge is 0.508 e. The summed E-state index contributed by atoms with van der Waals surface area (Å²) < 4.78 is 0. The molecule has 82 valence electrons. The van der Waals surface area contributed by atoms with Gasteiger partial charge in [-0.25, -0.2) is 0 Å². The van der Waals surface area contributed by atoms with E-state index in [2.05, 4.69) is 0 Å². The Morgan fingerprint density at radius 1 is 1.40 bits per heavy atom. The topological polar surface area (TPSA) is 104 Å². The van der Waals surface area contributed by atoms with Gasteiger partial charge in [-0.05, 0) is 6.07 Å². The Hall–Kier alpha value is -1.59. The summed E-state index contributed by atoms with van der Waals surface area (Å²) in [6.07, 6.45) is -1.20. The molecule has 0 spiro atoms. The number of carboxylic acids is 1. The van der Waals surface area contributed by atoms with Gasteiger partial charge < -0.3 is 21.1 Å². The highest BCUT2D eigenvalue weighted by Gasteiger charge is 2.19. The third kappa shape index (κ3) is 2.93. The Bertz CT molecular complexity index is 353. The van der Waals surface area contributed by atoms with Gasteiger partial charge in [-0.1, -0.05) is 18.2 Å². The quantitative estimate of drug-likeness (QED) is 0.570. The van der Waals surface area contributed by atoms with Gasteiger partial charge in [0.1, 0.15) is 11.8 Å². The van der Waals surface area contributed by atoms with Crippen LogP contribution >= 0.6 is 0 Å². The van der Waals surface area contributed by atoms with Gasteiger partial charge in [0.05, 0.1) is 6.10 Å². The molecule has 5 heteroatoms. The first-order valence-corrected chi connectivity index (χ1v) is 4.46. The van der Waals surface area contributed by atoms with E-state index in [4.69, 9.17) is 10.8 Å². The van der Waals surface area contributed by atoms with E-state index in [1.165, 1.54) is 12.1 Å². The van der Waals surface area contributed by atoms with Gasteiger partial charge in [0.15, 0.2) is 0 Å². The van der Waals surface area contributed by atoms with Crippen LogP contribution in [0.5, 0.6) is 5.75 Å². The van der Waals surface area contributed by atoms with Crippen molar-refractivity contribution in [2.45, 2.75) is 18.6 Å². The van der Waals surface area contributed by atoms with Gasteiger partial charge in [0.25, 0.3) is 0 Å². The molecule has 0 aromatic heterocycles. The molecule has 0 saturated carbocycles. The Morgan fingerprint density at radius 3 is 2.53 bits per heavy atom. The molecule has 0 heterocycles. The van der Waals surface area contributed by atoms with Crippen molar-refractivity contribution >= 4 is 5.97 Å². The van der Waals surface area contributed by atoms with Crippen LogP contribution in [0, 0.1) is 0 Å². The number of aliphatic carboxylic acids is 1. The molecule has 1 aromatic carbocycles. The Kier molecular flexibility index (Phi) is 3.65. The van der Waals surface area contributed by atoms with Gasteiger partial charge in [-0.3, -0.25) is 4.79 Å². The summed E-state index contributed by atoms with van der Waals surface area (Å²) in [6.45, 7) is 0. The number of carboxylic acid groups (broad SMARTS) is 1. The number of carbonyl (C=O) groups is 1. The summed E-state index contributed by atoms with van der Waals surface area (Å²) in [5, 5.41) is 27.5. The number of hydrogen-bond donors (Lipinski definition) is 4. The van der Waals surface area contributed by atoms with Crippen LogP contribution in [-0.4, -0.2) is 27.3 Å². The van der Waals surface area contributed by atoms with Crippen molar-refractivity contribution in [1.82, 2.24) is 0 Å². The standard InChI is InChI=1S/C10H13NO4/c11-7(10(14)15)5-9(13)6-3-1-2-4-8(6)12/h1-4,7,9,12-13H,5,11H2,(H,14,15)/t7?,9-/m1/s1. The lowest BCUT2D eigenvalue weighted by atomic mass is 10.0. The van der Waals surface area contributed by atoms with Gasteiger partial charge in [-0.15, -0.1) is 0 Å². The minimum Gasteiger partial charge on any atom is -0.508 e. The first kappa shape index (κ1) is 11.5. The number of benzene rings is 1. The first-order valence-electron chi connectivity index (χ1n) is 4.46. The Labute approximate surface area is 86.8 Å². The van der Waals surface area contributed by atoms with Crippen molar-refractivity contribution in [2.75, 3.05) is 0 Å². The molecule has 1 unspecified atom stereocenters. The third-order valence-corrected chi connectivity index (χ3v) is 2.09. The molecule has 0 radical (unpaired) electrons. The molecule has 15 heavy (non-hydrogen) atoms. The highest BCUT2D eigenvalue weighted by atomic mass is 16.4. The number of aromatic hydroxyl groups is 1. The Morgan fingerprint density at radius 2 is 2.00 bits per heavy atom. The van der Waals surface area contributed by atoms with Crippen LogP contribution in [0.2, 0.25) is 0 Å². The van der Waals surface area contributed by atoms with Crippen LogP contribution in [0.25, 0.3) is 0 Å². The van der Waals surface area contributed by atoms with Crippen molar-refractivity contribution < 1.29 is 20.1 Å². The number of rotatable bonds is 4. The minimum atomic E-state index is -1.18. The van der Waals surface area contributed by atoms with E-state index in [9.17, 15) is 15.0 Å². The number of aliphatic hydroxyl groups excluding tert-OH is 1. The van der Waals surface area contributed by atoms with Gasteiger partial charge in [0.2, 0.25) is 0 Å². The molecule has 0 aliphatic heterocycles. The predicted octanol–water partition coefficient (Wildman–Crippen LogP) is 0.228. The highest BCUT2D eigenvalue weighted by Crippen LogP contribution is 2.26. The summed E-state index contributed by atoms with van der Waals surface area (Å²) >= 11 is 0. The van der Waals surface area contributed by atoms with Gasteiger partial charge in [-0.2, -0.15) is 0 Å². The lowest BCUT2D eigenvalue weighted by Gasteiger charge is -2.14. The summed E-state index contributed by atoms with van der Waals surface area (Å²) in [5.74, 6) is -1.24. The number of para-hydroxylation sites is 1. The van der Waals surface area contributed by atoms with Crippen LogP contribution in [0.15, 0.2) is 24.3 Å². The predicted molar refractivity (Wildman–Crippen MR) is 53.3 cm³/mol. The number of nitrogens with two attached hydrogens (primary N) is 1. The van der Waals surface area contributed by atoms with E-state index < -0.39 is 18.1 Å². The van der Waals surface area contributed by atoms with Crippen LogP contribution in [0.3, 0.4) is 0 Å². The van der Waals surface area contributed by atoms with Crippen LogP contribution in [0.1, 0.15) is 18.1 Å². The maximum Gasteiger partial charge on any atom is 0.320 e. The molecule has 0 saturated heterocycles. The minimum absolute atomic E-state index is 0.0670. The SMILES string of the molecule is NC(C[C@@H](O)c1ccccc1O)C(=O)O. The summed E-state index contributed by atoms with van der Waals surface area (Å²) in [4.78, 5) is 10.5. The monoisotopic (exact) mass is 211 g/mol. The number of phenolic OH excluding ortho intramolecular Hbond substituents is 1. The van der Waals surface area contributed by atoms with E-state index in [0.717, 1.165) is 0 Å². The zero-order chi connectivity index (χ0) is 11.4. The molecule has 5 N–H and O–H groups in total. The molecule has 1 rings (SSSR count). The summed E-state index contributed by atoms with van der Waals surface area (Å²) in [5.41, 5.74) is 5.55. The molecule has 2 atom stereocenters. The number of hydrogen-bond acceptors (Lipinski definition) is 4.